The Hall–Kier alpha value is -2.83. The summed E-state index contributed by atoms with van der Waals surface area (Å²) in [5.74, 6) is -1.88. The molecule has 5 nitrogen and oxygen atoms in total. The molecular weight excluding hydrogens is 316 g/mol. The molecule has 2 aromatic rings. The molecule has 0 spiro atoms. The summed E-state index contributed by atoms with van der Waals surface area (Å²) in [6.07, 6.45) is 2.09. The maximum Gasteiger partial charge on any atom is 0.340 e. The highest BCUT2D eigenvalue weighted by Gasteiger charge is 2.25. The zero-order chi connectivity index (χ0) is 17.4. The molecule has 0 unspecified atom stereocenters. The molecule has 1 aliphatic carbocycles. The van der Waals surface area contributed by atoms with Crippen molar-refractivity contribution in [3.8, 4) is 0 Å². The lowest BCUT2D eigenvalue weighted by molar-refractivity contribution is 0.0601. The molecule has 0 aliphatic heterocycles. The number of hydrogen-bond donors (Lipinski definition) is 3. The standard InChI is InChI=1S/C17H17F2N3O2/c1-24-17(23)10-7-12(20)15(21)14(19)16(10)22-13-5-4-9(6-11(13)18)8-2-3-8/h4-8,22H,2-3,20-21H2,1H3. The monoisotopic (exact) mass is 333 g/mol. The minimum atomic E-state index is -0.930. The third kappa shape index (κ3) is 2.84. The first-order chi connectivity index (χ1) is 11.4. The summed E-state index contributed by atoms with van der Waals surface area (Å²) >= 11 is 0. The Kier molecular flexibility index (Phi) is 4.01. The number of nitrogens with two attached hydrogens (primary N) is 2. The molecule has 0 bridgehead atoms. The lowest BCUT2D eigenvalue weighted by Gasteiger charge is -2.15. The Morgan fingerprint density at radius 3 is 2.54 bits per heavy atom. The van der Waals surface area contributed by atoms with Crippen LogP contribution in [-0.2, 0) is 4.74 Å². The van der Waals surface area contributed by atoms with E-state index in [2.05, 4.69) is 10.1 Å². The van der Waals surface area contributed by atoms with Crippen LogP contribution in [0.2, 0.25) is 0 Å². The van der Waals surface area contributed by atoms with Crippen molar-refractivity contribution in [1.29, 1.82) is 0 Å². The van der Waals surface area contributed by atoms with Crippen LogP contribution in [0.1, 0.15) is 34.7 Å². The SMILES string of the molecule is COC(=O)c1cc(N)c(N)c(F)c1Nc1ccc(C2CC2)cc1F. The lowest BCUT2D eigenvalue weighted by Crippen LogP contribution is -2.11. The summed E-state index contributed by atoms with van der Waals surface area (Å²) in [7, 11) is 1.15. The van der Waals surface area contributed by atoms with Gasteiger partial charge in [0, 0.05) is 0 Å². The molecule has 0 heterocycles. The topological polar surface area (TPSA) is 90.4 Å². The first kappa shape index (κ1) is 16.0. The van der Waals surface area contributed by atoms with Gasteiger partial charge in [0.15, 0.2) is 5.82 Å². The minimum absolute atomic E-state index is 0.0348. The fraction of sp³-hybridized carbons (Fsp3) is 0.235. The van der Waals surface area contributed by atoms with E-state index < -0.39 is 17.6 Å². The van der Waals surface area contributed by atoms with E-state index in [4.69, 9.17) is 11.5 Å². The zero-order valence-electron chi connectivity index (χ0n) is 13.0. The molecule has 3 rings (SSSR count). The van der Waals surface area contributed by atoms with Gasteiger partial charge in [-0.15, -0.1) is 0 Å². The van der Waals surface area contributed by atoms with Crippen molar-refractivity contribution < 1.29 is 18.3 Å². The maximum atomic E-state index is 14.5. The van der Waals surface area contributed by atoms with Gasteiger partial charge in [0.25, 0.3) is 0 Å². The van der Waals surface area contributed by atoms with Crippen LogP contribution in [-0.4, -0.2) is 13.1 Å². The second kappa shape index (κ2) is 5.99. The van der Waals surface area contributed by atoms with Gasteiger partial charge in [-0.25, -0.2) is 13.6 Å². The van der Waals surface area contributed by atoms with Gasteiger partial charge in [-0.3, -0.25) is 0 Å². The smallest absolute Gasteiger partial charge is 0.340 e. The number of halogens is 2. The van der Waals surface area contributed by atoms with E-state index in [1.165, 1.54) is 18.2 Å². The number of nitrogens with one attached hydrogen (secondary N) is 1. The predicted octanol–water partition coefficient (Wildman–Crippen LogP) is 3.54. The van der Waals surface area contributed by atoms with Crippen molar-refractivity contribution >= 4 is 28.7 Å². The Morgan fingerprint density at radius 2 is 1.96 bits per heavy atom. The van der Waals surface area contributed by atoms with Crippen LogP contribution in [0.25, 0.3) is 0 Å². The molecule has 0 saturated heterocycles. The number of hydrogen-bond acceptors (Lipinski definition) is 5. The molecule has 0 aromatic heterocycles. The normalized spacial score (nSPS) is 13.6. The van der Waals surface area contributed by atoms with E-state index in [0.29, 0.717) is 5.92 Å². The van der Waals surface area contributed by atoms with Crippen molar-refractivity contribution in [2.24, 2.45) is 0 Å². The van der Waals surface area contributed by atoms with Gasteiger partial charge in [0.1, 0.15) is 5.82 Å². The van der Waals surface area contributed by atoms with E-state index in [9.17, 15) is 13.6 Å². The number of carbonyl (C=O) groups excluding carboxylic acids is 1. The number of rotatable bonds is 4. The fourth-order valence-electron chi connectivity index (χ4n) is 2.52. The molecular formula is C17H17F2N3O2. The number of anilines is 4. The molecule has 0 atom stereocenters. The summed E-state index contributed by atoms with van der Waals surface area (Å²) in [5, 5.41) is 2.59. The Morgan fingerprint density at radius 1 is 1.25 bits per heavy atom. The molecule has 1 saturated carbocycles. The third-order valence-corrected chi connectivity index (χ3v) is 4.04. The summed E-state index contributed by atoms with van der Waals surface area (Å²) < 4.78 is 33.4. The van der Waals surface area contributed by atoms with Crippen LogP contribution in [0.4, 0.5) is 31.5 Å². The number of ether oxygens (including phenoxy) is 1. The molecule has 0 amide bonds. The summed E-state index contributed by atoms with van der Waals surface area (Å²) in [6.45, 7) is 0. The number of esters is 1. The van der Waals surface area contributed by atoms with E-state index in [-0.39, 0.29) is 28.3 Å². The summed E-state index contributed by atoms with van der Waals surface area (Å²) in [5.41, 5.74) is 11.3. The number of nitrogen functional groups attached to an aromatic ring is 2. The van der Waals surface area contributed by atoms with Crippen molar-refractivity contribution in [1.82, 2.24) is 0 Å². The number of carbonyl (C=O) groups is 1. The van der Waals surface area contributed by atoms with Crippen LogP contribution in [0.3, 0.4) is 0 Å². The first-order valence-corrected chi connectivity index (χ1v) is 7.44. The number of benzene rings is 2. The molecule has 5 N–H and O–H groups in total. The van der Waals surface area contributed by atoms with Gasteiger partial charge in [-0.2, -0.15) is 0 Å². The molecule has 126 valence electrons. The molecule has 2 aromatic carbocycles. The molecule has 24 heavy (non-hydrogen) atoms. The summed E-state index contributed by atoms with van der Waals surface area (Å²) in [6, 6.07) is 5.90. The van der Waals surface area contributed by atoms with E-state index >= 15 is 0 Å². The van der Waals surface area contributed by atoms with Crippen LogP contribution in [0, 0.1) is 11.6 Å². The Balaban J connectivity index is 2.02. The Labute approximate surface area is 137 Å². The summed E-state index contributed by atoms with van der Waals surface area (Å²) in [4.78, 5) is 11.9. The van der Waals surface area contributed by atoms with Crippen molar-refractivity contribution in [2.45, 2.75) is 18.8 Å². The van der Waals surface area contributed by atoms with Crippen molar-refractivity contribution in [3.05, 3.63) is 47.0 Å². The van der Waals surface area contributed by atoms with Crippen molar-refractivity contribution in [3.63, 3.8) is 0 Å². The van der Waals surface area contributed by atoms with Gasteiger partial charge in [-0.05, 0) is 42.5 Å². The first-order valence-electron chi connectivity index (χ1n) is 7.44. The molecule has 1 fully saturated rings. The predicted molar refractivity (Wildman–Crippen MR) is 88.2 cm³/mol. The largest absolute Gasteiger partial charge is 0.465 e. The van der Waals surface area contributed by atoms with Gasteiger partial charge in [-0.1, -0.05) is 6.07 Å². The maximum absolute atomic E-state index is 14.5. The van der Waals surface area contributed by atoms with Crippen LogP contribution in [0.15, 0.2) is 24.3 Å². The highest BCUT2D eigenvalue weighted by molar-refractivity contribution is 5.99. The second-order valence-corrected chi connectivity index (χ2v) is 5.75. The molecule has 1 aliphatic rings. The average molecular weight is 333 g/mol. The number of methoxy groups -OCH3 is 1. The quantitative estimate of drug-likeness (QED) is 0.588. The van der Waals surface area contributed by atoms with Gasteiger partial charge >= 0.3 is 5.97 Å². The van der Waals surface area contributed by atoms with Crippen LogP contribution >= 0.6 is 0 Å². The highest BCUT2D eigenvalue weighted by atomic mass is 19.1. The van der Waals surface area contributed by atoms with E-state index in [1.807, 2.05) is 0 Å². The zero-order valence-corrected chi connectivity index (χ0v) is 13.0. The molecule has 7 heteroatoms. The highest BCUT2D eigenvalue weighted by Crippen LogP contribution is 2.41. The minimum Gasteiger partial charge on any atom is -0.465 e. The third-order valence-electron chi connectivity index (χ3n) is 4.04. The van der Waals surface area contributed by atoms with Crippen molar-refractivity contribution in [2.75, 3.05) is 23.9 Å². The average Bonchev–Trinajstić information content (AvgIpc) is 3.40. The Bertz CT molecular complexity index is 820. The van der Waals surface area contributed by atoms with Gasteiger partial charge in [0.05, 0.1) is 35.4 Å². The fourth-order valence-corrected chi connectivity index (χ4v) is 2.52. The van der Waals surface area contributed by atoms with Crippen LogP contribution in [0.5, 0.6) is 0 Å². The van der Waals surface area contributed by atoms with Gasteiger partial charge < -0.3 is 21.5 Å². The van der Waals surface area contributed by atoms with Gasteiger partial charge in [0.2, 0.25) is 0 Å². The lowest BCUT2D eigenvalue weighted by atomic mass is 10.1. The molecule has 0 radical (unpaired) electrons. The van der Waals surface area contributed by atoms with E-state index in [0.717, 1.165) is 25.5 Å². The van der Waals surface area contributed by atoms with E-state index in [1.54, 1.807) is 6.07 Å². The second-order valence-electron chi connectivity index (χ2n) is 5.75. The van der Waals surface area contributed by atoms with Crippen LogP contribution < -0.4 is 16.8 Å².